The summed E-state index contributed by atoms with van der Waals surface area (Å²) in [4.78, 5) is 1.26. The van der Waals surface area contributed by atoms with Crippen molar-refractivity contribution in [3.8, 4) is 24.0 Å². The van der Waals surface area contributed by atoms with Crippen LogP contribution in [-0.4, -0.2) is 33.0 Å². The number of nitrogens with zero attached hydrogens (tertiary/aromatic N) is 3. The lowest BCUT2D eigenvalue weighted by Crippen LogP contribution is -3.10. The van der Waals surface area contributed by atoms with Crippen LogP contribution in [0.5, 0.6) is 5.75 Å². The van der Waals surface area contributed by atoms with Crippen LogP contribution in [0.25, 0.3) is 0 Å². The van der Waals surface area contributed by atoms with Gasteiger partial charge in [0.1, 0.15) is 11.7 Å². The summed E-state index contributed by atoms with van der Waals surface area (Å²) < 4.78 is 5.21. The van der Waals surface area contributed by atoms with E-state index in [0.717, 1.165) is 24.2 Å². The van der Waals surface area contributed by atoms with E-state index in [1.807, 2.05) is 18.2 Å². The smallest absolute Gasteiger partial charge is 0.189 e. The second kappa shape index (κ2) is 6.64. The summed E-state index contributed by atoms with van der Waals surface area (Å²) in [7, 11) is 3.64. The molecule has 1 aromatic carbocycles. The van der Waals surface area contributed by atoms with Crippen molar-refractivity contribution >= 4 is 5.71 Å². The van der Waals surface area contributed by atoms with Crippen molar-refractivity contribution in [2.24, 2.45) is 17.3 Å². The summed E-state index contributed by atoms with van der Waals surface area (Å²) in [5, 5.41) is 38.1. The van der Waals surface area contributed by atoms with E-state index in [-0.39, 0.29) is 11.6 Å². The highest BCUT2D eigenvalue weighted by Gasteiger charge is 2.58. The molecule has 2 aliphatic rings. The minimum Gasteiger partial charge on any atom is -0.497 e. The molecule has 1 aromatic rings. The van der Waals surface area contributed by atoms with Gasteiger partial charge in [-0.1, -0.05) is 12.1 Å². The molecule has 1 aliphatic carbocycles. The molecule has 6 nitrogen and oxygen atoms in total. The van der Waals surface area contributed by atoms with Crippen LogP contribution < -0.4 is 9.64 Å². The van der Waals surface area contributed by atoms with E-state index in [2.05, 4.69) is 25.3 Å². The first-order valence-electron chi connectivity index (χ1n) is 8.48. The van der Waals surface area contributed by atoms with E-state index in [1.54, 1.807) is 19.2 Å². The third kappa shape index (κ3) is 2.46. The van der Waals surface area contributed by atoms with Crippen molar-refractivity contribution < 1.29 is 9.64 Å². The second-order valence-electron chi connectivity index (χ2n) is 6.93. The number of nitriles is 3. The molecule has 130 valence electrons. The van der Waals surface area contributed by atoms with Gasteiger partial charge in [0, 0.05) is 11.8 Å². The van der Waals surface area contributed by atoms with Crippen molar-refractivity contribution in [3.05, 3.63) is 41.5 Å². The SMILES string of the molecule is COc1ccc([C@@H]2[C@H]3C[NH+](C)CC=C3C(C#N)C(=N)C2(C#N)C#N)cc1. The average molecular weight is 346 g/mol. The number of likely N-dealkylation sites (N-methyl/N-ethyl adjacent to an activating group) is 1. The van der Waals surface area contributed by atoms with E-state index in [9.17, 15) is 15.8 Å². The van der Waals surface area contributed by atoms with E-state index < -0.39 is 17.3 Å². The molecule has 3 rings (SSSR count). The van der Waals surface area contributed by atoms with Crippen LogP contribution >= 0.6 is 0 Å². The van der Waals surface area contributed by atoms with Crippen LogP contribution in [0, 0.1) is 56.7 Å². The molecule has 0 spiro atoms. The summed E-state index contributed by atoms with van der Waals surface area (Å²) >= 11 is 0. The maximum absolute atomic E-state index is 9.94. The lowest BCUT2D eigenvalue weighted by Gasteiger charge is -2.46. The molecule has 1 saturated carbocycles. The molecule has 1 heterocycles. The number of rotatable bonds is 2. The molecule has 0 amide bonds. The highest BCUT2D eigenvalue weighted by Crippen LogP contribution is 2.52. The Morgan fingerprint density at radius 3 is 2.38 bits per heavy atom. The highest BCUT2D eigenvalue weighted by molar-refractivity contribution is 6.00. The molecule has 0 bridgehead atoms. The Balaban J connectivity index is 2.22. The standard InChI is InChI=1S/C20H19N5O/c1-25-8-7-15-16(9-21)19(24)20(11-22,12-23)18(17(15)10-25)13-3-5-14(26-2)6-4-13/h3-7,16-18,24H,8,10H2,1-2H3/p+1/t16?,17-,18+/m0/s1. The lowest BCUT2D eigenvalue weighted by atomic mass is 9.54. The largest absolute Gasteiger partial charge is 0.497 e. The first-order chi connectivity index (χ1) is 12.5. The summed E-state index contributed by atoms with van der Waals surface area (Å²) in [6.07, 6.45) is 2.01. The van der Waals surface area contributed by atoms with Gasteiger partial charge >= 0.3 is 0 Å². The van der Waals surface area contributed by atoms with Gasteiger partial charge in [-0.15, -0.1) is 0 Å². The monoisotopic (exact) mass is 346 g/mol. The van der Waals surface area contributed by atoms with Crippen LogP contribution in [0.4, 0.5) is 0 Å². The zero-order valence-corrected chi connectivity index (χ0v) is 14.8. The number of ether oxygens (including phenoxy) is 1. The fraction of sp³-hybridized carbons (Fsp3) is 0.400. The number of nitrogens with one attached hydrogen (secondary N) is 2. The molecule has 1 aliphatic heterocycles. The predicted octanol–water partition coefficient (Wildman–Crippen LogP) is 1.06. The molecule has 6 heteroatoms. The van der Waals surface area contributed by atoms with Crippen molar-refractivity contribution in [1.29, 1.82) is 21.2 Å². The molecule has 4 atom stereocenters. The maximum Gasteiger partial charge on any atom is 0.189 e. The van der Waals surface area contributed by atoms with E-state index in [0.29, 0.717) is 5.75 Å². The molecule has 2 unspecified atom stereocenters. The summed E-state index contributed by atoms with van der Waals surface area (Å²) in [6.45, 7) is 1.50. The van der Waals surface area contributed by atoms with Crippen LogP contribution in [0.15, 0.2) is 35.9 Å². The van der Waals surface area contributed by atoms with E-state index >= 15 is 0 Å². The first-order valence-corrected chi connectivity index (χ1v) is 8.48. The number of methoxy groups -OCH3 is 1. The molecular formula is C20H20N5O+. The first kappa shape index (κ1) is 17.7. The number of benzene rings is 1. The maximum atomic E-state index is 9.94. The Morgan fingerprint density at radius 1 is 1.19 bits per heavy atom. The number of fused-ring (bicyclic) bond motifs is 1. The molecule has 0 aromatic heterocycles. The van der Waals surface area contributed by atoms with Gasteiger partial charge < -0.3 is 15.0 Å². The van der Waals surface area contributed by atoms with Crippen molar-refractivity contribution in [2.45, 2.75) is 5.92 Å². The molecule has 26 heavy (non-hydrogen) atoms. The fourth-order valence-corrected chi connectivity index (χ4v) is 4.24. The van der Waals surface area contributed by atoms with Crippen LogP contribution in [0.1, 0.15) is 11.5 Å². The zero-order valence-electron chi connectivity index (χ0n) is 14.8. The fourth-order valence-electron chi connectivity index (χ4n) is 4.24. The number of hydrogen-bond donors (Lipinski definition) is 2. The van der Waals surface area contributed by atoms with Gasteiger partial charge in [-0.05, 0) is 29.3 Å². The van der Waals surface area contributed by atoms with Crippen molar-refractivity contribution in [3.63, 3.8) is 0 Å². The van der Waals surface area contributed by atoms with Gasteiger partial charge in [-0.25, -0.2) is 0 Å². The Morgan fingerprint density at radius 2 is 1.85 bits per heavy atom. The van der Waals surface area contributed by atoms with Gasteiger partial charge in [0.15, 0.2) is 5.41 Å². The van der Waals surface area contributed by atoms with Crippen molar-refractivity contribution in [2.75, 3.05) is 27.2 Å². The lowest BCUT2D eigenvalue weighted by molar-refractivity contribution is -0.878. The third-order valence-corrected chi connectivity index (χ3v) is 5.56. The molecular weight excluding hydrogens is 326 g/mol. The Bertz CT molecular complexity index is 867. The highest BCUT2D eigenvalue weighted by atomic mass is 16.5. The molecule has 1 fully saturated rings. The quantitative estimate of drug-likeness (QED) is 0.780. The number of quaternary nitrogens is 1. The second-order valence-corrected chi connectivity index (χ2v) is 6.93. The summed E-state index contributed by atoms with van der Waals surface area (Å²) in [6, 6.07) is 13.7. The molecule has 0 saturated heterocycles. The van der Waals surface area contributed by atoms with E-state index in [1.165, 1.54) is 4.90 Å². The topological polar surface area (TPSA) is 109 Å². The molecule has 0 radical (unpaired) electrons. The number of hydrogen-bond acceptors (Lipinski definition) is 5. The van der Waals surface area contributed by atoms with Crippen LogP contribution in [0.2, 0.25) is 0 Å². The van der Waals surface area contributed by atoms with Crippen molar-refractivity contribution in [1.82, 2.24) is 0 Å². The normalized spacial score (nSPS) is 29.3. The summed E-state index contributed by atoms with van der Waals surface area (Å²) in [5.41, 5.74) is -0.0484. The minimum atomic E-state index is -1.64. The Kier molecular flexibility index (Phi) is 4.51. The van der Waals surface area contributed by atoms with E-state index in [4.69, 9.17) is 10.1 Å². The van der Waals surface area contributed by atoms with Gasteiger partial charge in [0.2, 0.25) is 0 Å². The van der Waals surface area contributed by atoms with Crippen LogP contribution in [-0.2, 0) is 0 Å². The summed E-state index contributed by atoms with van der Waals surface area (Å²) in [5.74, 6) is -0.727. The van der Waals surface area contributed by atoms with Gasteiger partial charge in [0.05, 0.1) is 51.2 Å². The van der Waals surface area contributed by atoms with Gasteiger partial charge in [-0.3, -0.25) is 0 Å². The Labute approximate surface area is 153 Å². The third-order valence-electron chi connectivity index (χ3n) is 5.56. The predicted molar refractivity (Wildman–Crippen MR) is 94.4 cm³/mol. The van der Waals surface area contributed by atoms with Gasteiger partial charge in [0.25, 0.3) is 0 Å². The average Bonchev–Trinajstić information content (AvgIpc) is 2.67. The van der Waals surface area contributed by atoms with Gasteiger partial charge in [-0.2, -0.15) is 15.8 Å². The Hall–Kier alpha value is -3.14. The zero-order chi connectivity index (χ0) is 18.9. The minimum absolute atomic E-state index is 0.104. The van der Waals surface area contributed by atoms with Crippen LogP contribution in [0.3, 0.4) is 0 Å². The molecule has 2 N–H and O–H groups in total.